The Bertz CT molecular complexity index is 491. The van der Waals surface area contributed by atoms with Gasteiger partial charge in [-0.05, 0) is 18.6 Å². The van der Waals surface area contributed by atoms with Crippen LogP contribution in [0.5, 0.6) is 0 Å². The maximum absolute atomic E-state index is 5.44. The van der Waals surface area contributed by atoms with Crippen LogP contribution in [0.4, 0.5) is 5.69 Å². The highest BCUT2D eigenvalue weighted by atomic mass is 15.3. The second-order valence-electron chi connectivity index (χ2n) is 4.01. The van der Waals surface area contributed by atoms with Gasteiger partial charge in [-0.3, -0.25) is 10.4 Å². The van der Waals surface area contributed by atoms with Crippen molar-refractivity contribution < 1.29 is 0 Å². The molecule has 100 valence electrons. The number of aryl methyl sites for hydroxylation is 1. The molecule has 1 aromatic heterocycles. The Labute approximate surface area is 112 Å². The summed E-state index contributed by atoms with van der Waals surface area (Å²) < 4.78 is 0. The van der Waals surface area contributed by atoms with E-state index in [1.54, 1.807) is 6.20 Å². The number of aromatic amines is 1. The molecule has 0 fully saturated rings. The van der Waals surface area contributed by atoms with Gasteiger partial charge >= 0.3 is 0 Å². The Kier molecular flexibility index (Phi) is 4.95. The van der Waals surface area contributed by atoms with Crippen LogP contribution >= 0.6 is 0 Å². The molecule has 0 unspecified atom stereocenters. The number of aliphatic imine (C=N–C) groups is 1. The second-order valence-corrected chi connectivity index (χ2v) is 4.01. The minimum atomic E-state index is 0.561. The number of nitrogens with zero attached hydrogens (tertiary/aromatic N) is 2. The second kappa shape index (κ2) is 7.17. The summed E-state index contributed by atoms with van der Waals surface area (Å²) in [6.07, 6.45) is 5.36. The SMILES string of the molecule is NNC(=NCCCc1ncc[nH]1)Nc1ccccc1. The van der Waals surface area contributed by atoms with E-state index in [4.69, 9.17) is 5.84 Å². The van der Waals surface area contributed by atoms with Crippen LogP contribution in [0.1, 0.15) is 12.2 Å². The number of benzene rings is 1. The highest BCUT2D eigenvalue weighted by Crippen LogP contribution is 2.04. The molecule has 2 aromatic rings. The molecule has 0 radical (unpaired) electrons. The molecule has 2 rings (SSSR count). The zero-order valence-electron chi connectivity index (χ0n) is 10.6. The molecule has 19 heavy (non-hydrogen) atoms. The van der Waals surface area contributed by atoms with Gasteiger partial charge in [0.2, 0.25) is 5.96 Å². The molecule has 0 saturated carbocycles. The third-order valence-corrected chi connectivity index (χ3v) is 2.57. The van der Waals surface area contributed by atoms with Crippen LogP contribution in [0.25, 0.3) is 0 Å². The van der Waals surface area contributed by atoms with Crippen LogP contribution in [-0.2, 0) is 6.42 Å². The van der Waals surface area contributed by atoms with Gasteiger partial charge in [0.1, 0.15) is 5.82 Å². The molecule has 0 atom stereocenters. The van der Waals surface area contributed by atoms with Crippen LogP contribution in [-0.4, -0.2) is 22.5 Å². The summed E-state index contributed by atoms with van der Waals surface area (Å²) >= 11 is 0. The minimum absolute atomic E-state index is 0.561. The van der Waals surface area contributed by atoms with Crippen LogP contribution < -0.4 is 16.6 Å². The summed E-state index contributed by atoms with van der Waals surface area (Å²) in [7, 11) is 0. The predicted octanol–water partition coefficient (Wildman–Crippen LogP) is 1.27. The lowest BCUT2D eigenvalue weighted by molar-refractivity contribution is 0.789. The molecule has 1 heterocycles. The fraction of sp³-hybridized carbons (Fsp3) is 0.231. The van der Waals surface area contributed by atoms with Gasteiger partial charge < -0.3 is 10.3 Å². The Morgan fingerprint density at radius 2 is 2.16 bits per heavy atom. The number of para-hydroxylation sites is 1. The molecule has 0 amide bonds. The zero-order valence-corrected chi connectivity index (χ0v) is 10.6. The Morgan fingerprint density at radius 1 is 1.32 bits per heavy atom. The summed E-state index contributed by atoms with van der Waals surface area (Å²) in [5, 5.41) is 3.11. The first-order valence-electron chi connectivity index (χ1n) is 6.20. The molecular weight excluding hydrogens is 240 g/mol. The molecule has 0 aliphatic heterocycles. The van der Waals surface area contributed by atoms with E-state index in [1.807, 2.05) is 36.5 Å². The van der Waals surface area contributed by atoms with E-state index >= 15 is 0 Å². The summed E-state index contributed by atoms with van der Waals surface area (Å²) in [5.41, 5.74) is 3.51. The standard InChI is InChI=1S/C13H18N6/c14-19-13(18-11-5-2-1-3-6-11)17-8-4-7-12-15-9-10-16-12/h1-3,5-6,9-10H,4,7-8,14H2,(H,15,16)(H2,17,18,19). The van der Waals surface area contributed by atoms with Crippen LogP contribution in [0.3, 0.4) is 0 Å². The van der Waals surface area contributed by atoms with Crippen molar-refractivity contribution in [1.82, 2.24) is 15.4 Å². The number of guanidine groups is 1. The van der Waals surface area contributed by atoms with Crippen molar-refractivity contribution in [3.63, 3.8) is 0 Å². The normalized spacial score (nSPS) is 11.3. The van der Waals surface area contributed by atoms with E-state index in [-0.39, 0.29) is 0 Å². The molecule has 0 bridgehead atoms. The predicted molar refractivity (Wildman–Crippen MR) is 76.6 cm³/mol. The van der Waals surface area contributed by atoms with E-state index in [1.165, 1.54) is 0 Å². The molecule has 1 aromatic carbocycles. The highest BCUT2D eigenvalue weighted by molar-refractivity contribution is 5.93. The van der Waals surface area contributed by atoms with Crippen molar-refractivity contribution in [2.45, 2.75) is 12.8 Å². The number of hydrazine groups is 1. The van der Waals surface area contributed by atoms with Crippen LogP contribution in [0.2, 0.25) is 0 Å². The van der Waals surface area contributed by atoms with E-state index in [0.29, 0.717) is 12.5 Å². The van der Waals surface area contributed by atoms with Crippen molar-refractivity contribution in [2.75, 3.05) is 11.9 Å². The van der Waals surface area contributed by atoms with E-state index in [2.05, 4.69) is 25.7 Å². The number of hydrogen-bond acceptors (Lipinski definition) is 3. The van der Waals surface area contributed by atoms with Gasteiger partial charge in [0.25, 0.3) is 0 Å². The van der Waals surface area contributed by atoms with Gasteiger partial charge in [0, 0.05) is 31.0 Å². The maximum Gasteiger partial charge on any atom is 0.210 e. The molecule has 0 aliphatic rings. The molecular formula is C13H18N6. The fourth-order valence-corrected chi connectivity index (χ4v) is 1.65. The summed E-state index contributed by atoms with van der Waals surface area (Å²) in [6.45, 7) is 0.681. The van der Waals surface area contributed by atoms with E-state index < -0.39 is 0 Å². The van der Waals surface area contributed by atoms with Crippen molar-refractivity contribution >= 4 is 11.6 Å². The Hall–Kier alpha value is -2.34. The lowest BCUT2D eigenvalue weighted by Crippen LogP contribution is -2.36. The number of aromatic nitrogens is 2. The first kappa shape index (κ1) is 13.1. The third-order valence-electron chi connectivity index (χ3n) is 2.57. The fourth-order valence-electron chi connectivity index (χ4n) is 1.65. The van der Waals surface area contributed by atoms with Gasteiger partial charge in [-0.2, -0.15) is 0 Å². The Morgan fingerprint density at radius 3 is 2.84 bits per heavy atom. The smallest absolute Gasteiger partial charge is 0.210 e. The number of hydrogen-bond donors (Lipinski definition) is 4. The summed E-state index contributed by atoms with van der Waals surface area (Å²) in [4.78, 5) is 11.6. The topological polar surface area (TPSA) is 91.1 Å². The highest BCUT2D eigenvalue weighted by Gasteiger charge is 1.98. The molecule has 6 nitrogen and oxygen atoms in total. The average molecular weight is 258 g/mol. The van der Waals surface area contributed by atoms with Crippen molar-refractivity contribution in [2.24, 2.45) is 10.8 Å². The number of imidazole rings is 1. The van der Waals surface area contributed by atoms with E-state index in [0.717, 1.165) is 24.4 Å². The number of nitrogens with two attached hydrogens (primary N) is 1. The van der Waals surface area contributed by atoms with E-state index in [9.17, 15) is 0 Å². The monoisotopic (exact) mass is 258 g/mol. The van der Waals surface area contributed by atoms with Gasteiger partial charge in [0.05, 0.1) is 0 Å². The molecule has 6 heteroatoms. The largest absolute Gasteiger partial charge is 0.349 e. The van der Waals surface area contributed by atoms with Gasteiger partial charge in [-0.15, -0.1) is 0 Å². The molecule has 0 aliphatic carbocycles. The molecule has 0 saturated heterocycles. The van der Waals surface area contributed by atoms with Crippen molar-refractivity contribution in [1.29, 1.82) is 0 Å². The lowest BCUT2D eigenvalue weighted by Gasteiger charge is -2.08. The first-order chi connectivity index (χ1) is 9.38. The maximum atomic E-state index is 5.44. The molecule has 5 N–H and O–H groups in total. The average Bonchev–Trinajstić information content (AvgIpc) is 2.96. The quantitative estimate of drug-likeness (QED) is 0.214. The number of H-pyrrole nitrogens is 1. The van der Waals surface area contributed by atoms with Gasteiger partial charge in [0.15, 0.2) is 0 Å². The molecule has 0 spiro atoms. The van der Waals surface area contributed by atoms with Gasteiger partial charge in [-0.25, -0.2) is 10.8 Å². The van der Waals surface area contributed by atoms with Crippen molar-refractivity contribution in [3.05, 3.63) is 48.5 Å². The number of rotatable bonds is 5. The first-order valence-corrected chi connectivity index (χ1v) is 6.20. The summed E-state index contributed by atoms with van der Waals surface area (Å²) in [6, 6.07) is 9.77. The minimum Gasteiger partial charge on any atom is -0.349 e. The van der Waals surface area contributed by atoms with Gasteiger partial charge in [-0.1, -0.05) is 18.2 Å². The zero-order chi connectivity index (χ0) is 13.3. The van der Waals surface area contributed by atoms with Crippen LogP contribution in [0.15, 0.2) is 47.7 Å². The summed E-state index contributed by atoms with van der Waals surface area (Å²) in [5.74, 6) is 6.98. The number of anilines is 1. The number of nitrogens with one attached hydrogen (secondary N) is 3. The van der Waals surface area contributed by atoms with Crippen LogP contribution in [0, 0.1) is 0 Å². The van der Waals surface area contributed by atoms with Crippen molar-refractivity contribution in [3.8, 4) is 0 Å². The Balaban J connectivity index is 1.79. The lowest BCUT2D eigenvalue weighted by atomic mass is 10.3. The third kappa shape index (κ3) is 4.44.